The van der Waals surface area contributed by atoms with E-state index in [9.17, 15) is 22.8 Å². The lowest BCUT2D eigenvalue weighted by Crippen LogP contribution is -2.42. The van der Waals surface area contributed by atoms with Crippen molar-refractivity contribution in [3.8, 4) is 23.0 Å². The lowest BCUT2D eigenvalue weighted by Gasteiger charge is -2.24. The normalized spacial score (nSPS) is 14.5. The first-order valence-electron chi connectivity index (χ1n) is 11.8. The molecule has 2 amide bonds. The van der Waals surface area contributed by atoms with Crippen LogP contribution >= 0.6 is 0 Å². The van der Waals surface area contributed by atoms with E-state index in [0.29, 0.717) is 29.4 Å². The number of fused-ring (bicyclic) bond motifs is 1. The Labute approximate surface area is 221 Å². The van der Waals surface area contributed by atoms with Crippen LogP contribution in [0.5, 0.6) is 23.0 Å². The van der Waals surface area contributed by atoms with Crippen molar-refractivity contribution in [1.29, 1.82) is 0 Å². The number of para-hydroxylation sites is 2. The molecule has 1 aliphatic heterocycles. The summed E-state index contributed by atoms with van der Waals surface area (Å²) in [7, 11) is 0. The van der Waals surface area contributed by atoms with Gasteiger partial charge in [0.1, 0.15) is 6.61 Å². The molecule has 39 heavy (non-hydrogen) atoms. The van der Waals surface area contributed by atoms with Gasteiger partial charge in [-0.3, -0.25) is 9.59 Å². The van der Waals surface area contributed by atoms with Crippen LogP contribution in [0.15, 0.2) is 71.8 Å². The van der Waals surface area contributed by atoms with Gasteiger partial charge >= 0.3 is 6.18 Å². The van der Waals surface area contributed by atoms with Crippen molar-refractivity contribution in [2.24, 2.45) is 5.10 Å². The maximum atomic E-state index is 12.9. The molecule has 4 rings (SSSR count). The van der Waals surface area contributed by atoms with E-state index in [4.69, 9.17) is 18.9 Å². The number of halogens is 3. The van der Waals surface area contributed by atoms with E-state index in [-0.39, 0.29) is 18.0 Å². The number of alkyl halides is 3. The number of ether oxygens (including phenoxy) is 4. The van der Waals surface area contributed by atoms with Crippen molar-refractivity contribution >= 4 is 23.7 Å². The fourth-order valence-corrected chi connectivity index (χ4v) is 3.50. The average Bonchev–Trinajstić information content (AvgIpc) is 2.92. The molecule has 0 aromatic heterocycles. The number of hydrazone groups is 1. The van der Waals surface area contributed by atoms with Gasteiger partial charge in [0.05, 0.1) is 18.4 Å². The summed E-state index contributed by atoms with van der Waals surface area (Å²) in [6, 6.07) is 16.1. The third kappa shape index (κ3) is 7.40. The monoisotopic (exact) mass is 543 g/mol. The molecule has 3 aromatic carbocycles. The predicted octanol–water partition coefficient (Wildman–Crippen LogP) is 4.41. The van der Waals surface area contributed by atoms with Gasteiger partial charge in [0.25, 0.3) is 11.8 Å². The van der Waals surface area contributed by atoms with Crippen molar-refractivity contribution in [3.05, 3.63) is 77.9 Å². The molecule has 1 unspecified atom stereocenters. The van der Waals surface area contributed by atoms with Gasteiger partial charge in [0.15, 0.2) is 29.6 Å². The van der Waals surface area contributed by atoms with E-state index >= 15 is 0 Å². The van der Waals surface area contributed by atoms with Gasteiger partial charge < -0.3 is 24.3 Å². The van der Waals surface area contributed by atoms with E-state index in [1.165, 1.54) is 18.3 Å². The van der Waals surface area contributed by atoms with Crippen molar-refractivity contribution < 1.29 is 41.7 Å². The molecule has 0 bridgehead atoms. The third-order valence-electron chi connectivity index (χ3n) is 5.29. The van der Waals surface area contributed by atoms with Crippen LogP contribution in [0.3, 0.4) is 0 Å². The van der Waals surface area contributed by atoms with Gasteiger partial charge in [-0.2, -0.15) is 18.3 Å². The van der Waals surface area contributed by atoms with Crippen molar-refractivity contribution in [2.45, 2.75) is 19.2 Å². The summed E-state index contributed by atoms with van der Waals surface area (Å²) in [6.07, 6.45) is -4.00. The van der Waals surface area contributed by atoms with Crippen LogP contribution in [0.4, 0.5) is 18.9 Å². The summed E-state index contributed by atoms with van der Waals surface area (Å²) in [4.78, 5) is 24.6. The topological polar surface area (TPSA) is 107 Å². The SMILES string of the molecule is CCOc1cc(C=NNC(=O)C2COc3ccccc3O2)ccc1OCC(=O)Nc1cccc(C(F)(F)F)c1. The number of benzene rings is 3. The third-order valence-corrected chi connectivity index (χ3v) is 5.29. The molecule has 1 aliphatic rings. The number of rotatable bonds is 9. The van der Waals surface area contributed by atoms with Crippen molar-refractivity contribution in [3.63, 3.8) is 0 Å². The fourth-order valence-electron chi connectivity index (χ4n) is 3.50. The molecule has 2 N–H and O–H groups in total. The molecule has 1 heterocycles. The van der Waals surface area contributed by atoms with Crippen molar-refractivity contribution in [1.82, 2.24) is 5.43 Å². The van der Waals surface area contributed by atoms with Crippen LogP contribution < -0.4 is 29.7 Å². The lowest BCUT2D eigenvalue weighted by molar-refractivity contribution is -0.137. The first-order valence-corrected chi connectivity index (χ1v) is 11.8. The van der Waals surface area contributed by atoms with Crippen LogP contribution in [0.1, 0.15) is 18.1 Å². The second-order valence-electron chi connectivity index (χ2n) is 8.15. The Morgan fingerprint density at radius 1 is 1.03 bits per heavy atom. The number of anilines is 1. The Morgan fingerprint density at radius 2 is 1.82 bits per heavy atom. The van der Waals surface area contributed by atoms with Crippen LogP contribution in [-0.4, -0.2) is 44.0 Å². The minimum atomic E-state index is -4.53. The summed E-state index contributed by atoms with van der Waals surface area (Å²) in [5.41, 5.74) is 2.08. The molecule has 204 valence electrons. The molecule has 0 aliphatic carbocycles. The number of amides is 2. The zero-order valence-electron chi connectivity index (χ0n) is 20.7. The first kappa shape index (κ1) is 27.3. The number of carbonyl (C=O) groups is 2. The number of nitrogens with zero attached hydrogens (tertiary/aromatic N) is 1. The number of carbonyl (C=O) groups excluding carboxylic acids is 2. The molecule has 0 saturated heterocycles. The van der Waals surface area contributed by atoms with E-state index in [1.54, 1.807) is 49.4 Å². The average molecular weight is 543 g/mol. The Kier molecular flexibility index (Phi) is 8.54. The summed E-state index contributed by atoms with van der Waals surface area (Å²) < 4.78 is 60.9. The maximum Gasteiger partial charge on any atom is 0.416 e. The predicted molar refractivity (Wildman–Crippen MR) is 135 cm³/mol. The summed E-state index contributed by atoms with van der Waals surface area (Å²) in [5, 5.41) is 6.32. The molecule has 0 fully saturated rings. The quantitative estimate of drug-likeness (QED) is 0.306. The molecule has 3 aromatic rings. The fraction of sp³-hybridized carbons (Fsp3) is 0.222. The first-order chi connectivity index (χ1) is 18.7. The largest absolute Gasteiger partial charge is 0.490 e. The Balaban J connectivity index is 1.32. The molecule has 0 spiro atoms. The summed E-state index contributed by atoms with van der Waals surface area (Å²) in [6.45, 7) is 1.63. The Hall–Kier alpha value is -4.74. The standard InChI is InChI=1S/C27H24F3N3O6/c1-2-36-23-12-17(14-31-33-26(35)24-15-37-20-8-3-4-9-22(20)39-24)10-11-21(23)38-16-25(34)32-19-7-5-6-18(13-19)27(28,29)30/h3-14,24H,2,15-16H2,1H3,(H,32,34)(H,33,35). The summed E-state index contributed by atoms with van der Waals surface area (Å²) >= 11 is 0. The number of nitrogens with one attached hydrogen (secondary N) is 2. The molecular formula is C27H24F3N3O6. The van der Waals surface area contributed by atoms with E-state index < -0.39 is 36.3 Å². The number of hydrogen-bond donors (Lipinski definition) is 2. The van der Waals surface area contributed by atoms with Crippen LogP contribution in [0, 0.1) is 0 Å². The molecule has 9 nitrogen and oxygen atoms in total. The molecule has 1 atom stereocenters. The Bertz CT molecular complexity index is 1360. The zero-order valence-corrected chi connectivity index (χ0v) is 20.7. The van der Waals surface area contributed by atoms with Gasteiger partial charge in [-0.15, -0.1) is 0 Å². The van der Waals surface area contributed by atoms with E-state index in [1.807, 2.05) is 0 Å². The molecular weight excluding hydrogens is 519 g/mol. The minimum absolute atomic E-state index is 0.00791. The van der Waals surface area contributed by atoms with E-state index in [2.05, 4.69) is 15.8 Å². The minimum Gasteiger partial charge on any atom is -0.490 e. The lowest BCUT2D eigenvalue weighted by atomic mass is 10.2. The van der Waals surface area contributed by atoms with Gasteiger partial charge in [-0.25, -0.2) is 5.43 Å². The van der Waals surface area contributed by atoms with Crippen LogP contribution in [-0.2, 0) is 15.8 Å². The second-order valence-corrected chi connectivity index (χ2v) is 8.15. The highest BCUT2D eigenvalue weighted by Gasteiger charge is 2.30. The van der Waals surface area contributed by atoms with Gasteiger partial charge in [-0.1, -0.05) is 18.2 Å². The van der Waals surface area contributed by atoms with Gasteiger partial charge in [0, 0.05) is 5.69 Å². The van der Waals surface area contributed by atoms with Gasteiger partial charge in [0.2, 0.25) is 6.10 Å². The highest BCUT2D eigenvalue weighted by Crippen LogP contribution is 2.32. The smallest absolute Gasteiger partial charge is 0.416 e. The summed E-state index contributed by atoms with van der Waals surface area (Å²) in [5.74, 6) is 0.431. The van der Waals surface area contributed by atoms with Crippen LogP contribution in [0.25, 0.3) is 0 Å². The highest BCUT2D eigenvalue weighted by atomic mass is 19.4. The molecule has 0 radical (unpaired) electrons. The van der Waals surface area contributed by atoms with E-state index in [0.717, 1.165) is 12.1 Å². The molecule has 12 heteroatoms. The Morgan fingerprint density at radius 3 is 2.59 bits per heavy atom. The van der Waals surface area contributed by atoms with Crippen molar-refractivity contribution in [2.75, 3.05) is 25.1 Å². The highest BCUT2D eigenvalue weighted by molar-refractivity contribution is 5.92. The zero-order chi connectivity index (χ0) is 27.8. The van der Waals surface area contributed by atoms with Crippen LogP contribution in [0.2, 0.25) is 0 Å². The second kappa shape index (κ2) is 12.2. The number of hydrogen-bond acceptors (Lipinski definition) is 7. The van der Waals surface area contributed by atoms with Gasteiger partial charge in [-0.05, 0) is 61.0 Å². The maximum absolute atomic E-state index is 12.9. The molecule has 0 saturated carbocycles.